The second-order valence-corrected chi connectivity index (χ2v) is 10.6. The first-order valence-corrected chi connectivity index (χ1v) is 12.7. The van der Waals surface area contributed by atoms with Crippen molar-refractivity contribution < 1.29 is 22.4 Å². The van der Waals surface area contributed by atoms with Crippen LogP contribution in [0.5, 0.6) is 0 Å². The van der Waals surface area contributed by atoms with Crippen molar-refractivity contribution in [3.05, 3.63) is 83.7 Å². The number of hydrogen-bond acceptors (Lipinski definition) is 7. The van der Waals surface area contributed by atoms with E-state index in [-0.39, 0.29) is 28.5 Å². The van der Waals surface area contributed by atoms with Crippen molar-refractivity contribution in [1.29, 1.82) is 0 Å². The number of pyridine rings is 1. The molecule has 3 heterocycles. The molecule has 35 heavy (non-hydrogen) atoms. The van der Waals surface area contributed by atoms with Gasteiger partial charge in [0.1, 0.15) is 5.58 Å². The maximum atomic E-state index is 13.0. The van der Waals surface area contributed by atoms with Gasteiger partial charge in [-0.05, 0) is 36.8 Å². The lowest BCUT2D eigenvalue weighted by atomic mass is 10.2. The van der Waals surface area contributed by atoms with E-state index in [9.17, 15) is 18.0 Å². The first-order chi connectivity index (χ1) is 16.8. The predicted molar refractivity (Wildman–Crippen MR) is 133 cm³/mol. The van der Waals surface area contributed by atoms with Gasteiger partial charge in [0.05, 0.1) is 28.8 Å². The number of sulfone groups is 1. The van der Waals surface area contributed by atoms with Gasteiger partial charge in [-0.25, -0.2) is 13.4 Å². The quantitative estimate of drug-likeness (QED) is 0.376. The number of carbonyl (C=O) groups is 2. The summed E-state index contributed by atoms with van der Waals surface area (Å²) in [7, 11) is -3.08. The second kappa shape index (κ2) is 8.88. The van der Waals surface area contributed by atoms with Crippen LogP contribution in [0.1, 0.15) is 26.5 Å². The summed E-state index contributed by atoms with van der Waals surface area (Å²) in [6.07, 6.45) is 1.37. The number of carbonyl (C=O) groups excluding carboxylic acids is 2. The SMILES string of the molecule is Cc1ccccc1Nc1ncc(C(=O)NC2CS(=O)(=O)C2)cc1NC(=O)c1cc2ccccc2o1. The predicted octanol–water partition coefficient (Wildman–Crippen LogP) is 3.66. The molecule has 1 aliphatic rings. The van der Waals surface area contributed by atoms with E-state index in [1.165, 1.54) is 12.3 Å². The van der Waals surface area contributed by atoms with Gasteiger partial charge in [-0.1, -0.05) is 36.4 Å². The van der Waals surface area contributed by atoms with Crippen LogP contribution in [0.25, 0.3) is 11.0 Å². The van der Waals surface area contributed by atoms with Gasteiger partial charge in [-0.2, -0.15) is 0 Å². The molecule has 9 nitrogen and oxygen atoms in total. The van der Waals surface area contributed by atoms with Gasteiger partial charge in [0.15, 0.2) is 21.4 Å². The summed E-state index contributed by atoms with van der Waals surface area (Å²) in [6, 6.07) is 17.6. The van der Waals surface area contributed by atoms with Gasteiger partial charge in [-0.15, -0.1) is 0 Å². The Morgan fingerprint density at radius 1 is 0.971 bits per heavy atom. The van der Waals surface area contributed by atoms with Crippen molar-refractivity contribution in [2.75, 3.05) is 22.1 Å². The number of benzene rings is 2. The zero-order valence-electron chi connectivity index (χ0n) is 18.7. The maximum absolute atomic E-state index is 13.0. The smallest absolute Gasteiger partial charge is 0.291 e. The van der Waals surface area contributed by atoms with Gasteiger partial charge in [0.25, 0.3) is 11.8 Å². The molecule has 2 amide bonds. The Labute approximate surface area is 201 Å². The van der Waals surface area contributed by atoms with Crippen molar-refractivity contribution in [2.45, 2.75) is 13.0 Å². The Bertz CT molecular complexity index is 1520. The number of anilines is 3. The Morgan fingerprint density at radius 3 is 2.46 bits per heavy atom. The summed E-state index contributed by atoms with van der Waals surface area (Å²) in [6.45, 7) is 1.93. The zero-order chi connectivity index (χ0) is 24.6. The van der Waals surface area contributed by atoms with Crippen molar-refractivity contribution in [2.24, 2.45) is 0 Å². The Kier molecular flexibility index (Phi) is 5.73. The largest absolute Gasteiger partial charge is 0.451 e. The number of nitrogens with zero attached hydrogens (tertiary/aromatic N) is 1. The second-order valence-electron chi connectivity index (χ2n) is 8.41. The first kappa shape index (κ1) is 22.6. The highest BCUT2D eigenvalue weighted by Crippen LogP contribution is 2.28. The van der Waals surface area contributed by atoms with E-state index in [4.69, 9.17) is 4.42 Å². The number of rotatable bonds is 6. The Balaban J connectivity index is 1.44. The van der Waals surface area contributed by atoms with E-state index in [2.05, 4.69) is 20.9 Å². The van der Waals surface area contributed by atoms with Gasteiger partial charge in [-0.3, -0.25) is 9.59 Å². The number of amides is 2. The third-order valence-electron chi connectivity index (χ3n) is 5.69. The molecule has 2 aromatic carbocycles. The van der Waals surface area contributed by atoms with Crippen LogP contribution in [0.15, 0.2) is 71.3 Å². The molecule has 3 N–H and O–H groups in total. The summed E-state index contributed by atoms with van der Waals surface area (Å²) >= 11 is 0. The molecule has 0 unspecified atom stereocenters. The molecule has 1 saturated heterocycles. The molecular formula is C25H22N4O5S. The number of fused-ring (bicyclic) bond motifs is 1. The number of furan rings is 1. The minimum atomic E-state index is -3.08. The molecule has 0 aliphatic carbocycles. The van der Waals surface area contributed by atoms with Crippen molar-refractivity contribution >= 4 is 49.8 Å². The standard InChI is InChI=1S/C25H22N4O5S/c1-15-6-2-4-8-19(15)28-23-20(29-25(31)22-11-16-7-3-5-9-21(16)34-22)10-17(12-26-23)24(30)27-18-13-35(32,33)14-18/h2-12,18H,13-14H2,1H3,(H,26,28)(H,27,30)(H,29,31). The van der Waals surface area contributed by atoms with Crippen LogP contribution >= 0.6 is 0 Å². The van der Waals surface area contributed by atoms with Crippen LogP contribution in [0.4, 0.5) is 17.2 Å². The van der Waals surface area contributed by atoms with Crippen LogP contribution in [0.2, 0.25) is 0 Å². The average molecular weight is 491 g/mol. The molecule has 0 bridgehead atoms. The summed E-state index contributed by atoms with van der Waals surface area (Å²) in [5.41, 5.74) is 2.79. The zero-order valence-corrected chi connectivity index (χ0v) is 19.6. The summed E-state index contributed by atoms with van der Waals surface area (Å²) in [5, 5.41) is 9.46. The van der Waals surface area contributed by atoms with Crippen LogP contribution in [0, 0.1) is 6.92 Å². The molecule has 5 rings (SSSR count). The maximum Gasteiger partial charge on any atom is 0.291 e. The number of aromatic nitrogens is 1. The molecule has 10 heteroatoms. The summed E-state index contributed by atoms with van der Waals surface area (Å²) in [4.78, 5) is 30.1. The molecule has 0 radical (unpaired) electrons. The number of aryl methyl sites for hydroxylation is 1. The normalized spacial score (nSPS) is 14.8. The van der Waals surface area contributed by atoms with E-state index in [0.29, 0.717) is 11.4 Å². The van der Waals surface area contributed by atoms with E-state index in [1.807, 2.05) is 49.4 Å². The third-order valence-corrected chi connectivity index (χ3v) is 7.51. The van der Waals surface area contributed by atoms with Crippen LogP contribution in [-0.2, 0) is 9.84 Å². The molecular weight excluding hydrogens is 468 g/mol. The molecule has 0 atom stereocenters. The van der Waals surface area contributed by atoms with E-state index < -0.39 is 27.7 Å². The topological polar surface area (TPSA) is 130 Å². The highest BCUT2D eigenvalue weighted by atomic mass is 32.2. The fourth-order valence-electron chi connectivity index (χ4n) is 3.82. The summed E-state index contributed by atoms with van der Waals surface area (Å²) in [5.74, 6) is -0.699. The molecule has 1 aliphatic heterocycles. The molecule has 1 fully saturated rings. The van der Waals surface area contributed by atoms with Crippen LogP contribution in [0.3, 0.4) is 0 Å². The highest BCUT2D eigenvalue weighted by molar-refractivity contribution is 7.92. The van der Waals surface area contributed by atoms with Crippen molar-refractivity contribution in [3.63, 3.8) is 0 Å². The van der Waals surface area contributed by atoms with Crippen LogP contribution < -0.4 is 16.0 Å². The monoisotopic (exact) mass is 490 g/mol. The average Bonchev–Trinajstić information content (AvgIpc) is 3.25. The Hall–Kier alpha value is -4.18. The lowest BCUT2D eigenvalue weighted by Crippen LogP contribution is -2.52. The lowest BCUT2D eigenvalue weighted by Gasteiger charge is -2.26. The minimum Gasteiger partial charge on any atom is -0.451 e. The third kappa shape index (κ3) is 4.87. The van der Waals surface area contributed by atoms with Gasteiger partial charge < -0.3 is 20.4 Å². The Morgan fingerprint density at radius 2 is 1.71 bits per heavy atom. The molecule has 0 saturated carbocycles. The van der Waals surface area contributed by atoms with Gasteiger partial charge in [0.2, 0.25) is 0 Å². The van der Waals surface area contributed by atoms with E-state index in [1.54, 1.807) is 12.1 Å². The van der Waals surface area contributed by atoms with Crippen LogP contribution in [-0.4, -0.2) is 42.8 Å². The van der Waals surface area contributed by atoms with E-state index >= 15 is 0 Å². The van der Waals surface area contributed by atoms with Gasteiger partial charge in [0, 0.05) is 17.3 Å². The number of nitrogens with one attached hydrogen (secondary N) is 3. The summed E-state index contributed by atoms with van der Waals surface area (Å²) < 4.78 is 28.5. The van der Waals surface area contributed by atoms with Gasteiger partial charge >= 0.3 is 0 Å². The number of para-hydroxylation sites is 2. The van der Waals surface area contributed by atoms with E-state index in [0.717, 1.165) is 16.6 Å². The molecule has 4 aromatic rings. The lowest BCUT2D eigenvalue weighted by molar-refractivity contribution is 0.0940. The fraction of sp³-hybridized carbons (Fsp3) is 0.160. The number of hydrogen-bond donors (Lipinski definition) is 3. The first-order valence-electron chi connectivity index (χ1n) is 10.9. The highest BCUT2D eigenvalue weighted by Gasteiger charge is 2.34. The molecule has 2 aromatic heterocycles. The molecule has 178 valence electrons. The fourth-order valence-corrected chi connectivity index (χ4v) is 5.11. The van der Waals surface area contributed by atoms with Crippen molar-refractivity contribution in [3.8, 4) is 0 Å². The molecule has 0 spiro atoms. The van der Waals surface area contributed by atoms with Crippen molar-refractivity contribution in [1.82, 2.24) is 10.3 Å². The minimum absolute atomic E-state index is 0.0886.